The van der Waals surface area contributed by atoms with Crippen LogP contribution in [0.4, 0.5) is 0 Å². The molecular weight excluding hydrogens is 324 g/mol. The summed E-state index contributed by atoms with van der Waals surface area (Å²) in [5.41, 5.74) is 0.874. The SMILES string of the molecule is Cc1ccsc1C(=O)N1C[C@H](C(=O)NC(C)C)C2(CCOCC2)C1. The molecule has 2 aliphatic heterocycles. The summed E-state index contributed by atoms with van der Waals surface area (Å²) in [7, 11) is 0. The number of carbonyl (C=O) groups excluding carboxylic acids is 2. The zero-order chi connectivity index (χ0) is 17.3. The summed E-state index contributed by atoms with van der Waals surface area (Å²) < 4.78 is 5.52. The van der Waals surface area contributed by atoms with Crippen LogP contribution in [-0.2, 0) is 9.53 Å². The van der Waals surface area contributed by atoms with Crippen LogP contribution in [0.2, 0.25) is 0 Å². The monoisotopic (exact) mass is 350 g/mol. The fraction of sp³-hybridized carbons (Fsp3) is 0.667. The van der Waals surface area contributed by atoms with E-state index in [2.05, 4.69) is 5.32 Å². The number of hydrogen-bond acceptors (Lipinski definition) is 4. The van der Waals surface area contributed by atoms with Crippen molar-refractivity contribution in [2.24, 2.45) is 11.3 Å². The van der Waals surface area contributed by atoms with Crippen molar-refractivity contribution in [1.29, 1.82) is 0 Å². The van der Waals surface area contributed by atoms with Gasteiger partial charge in [0.25, 0.3) is 5.91 Å². The predicted octanol–water partition coefficient (Wildman–Crippen LogP) is 2.45. The lowest BCUT2D eigenvalue weighted by Crippen LogP contribution is -2.46. The maximum absolute atomic E-state index is 12.9. The van der Waals surface area contributed by atoms with E-state index in [1.165, 1.54) is 11.3 Å². The van der Waals surface area contributed by atoms with E-state index in [0.717, 1.165) is 23.3 Å². The van der Waals surface area contributed by atoms with E-state index in [-0.39, 0.29) is 29.2 Å². The number of nitrogens with one attached hydrogen (secondary N) is 1. The molecule has 2 saturated heterocycles. The van der Waals surface area contributed by atoms with E-state index in [4.69, 9.17) is 4.74 Å². The van der Waals surface area contributed by atoms with Gasteiger partial charge in [0.2, 0.25) is 5.91 Å². The number of amides is 2. The quantitative estimate of drug-likeness (QED) is 0.911. The van der Waals surface area contributed by atoms with Gasteiger partial charge in [0.1, 0.15) is 0 Å². The Morgan fingerprint density at radius 3 is 2.67 bits per heavy atom. The first-order valence-corrected chi connectivity index (χ1v) is 9.52. The average Bonchev–Trinajstić information content (AvgIpc) is 3.11. The molecule has 1 atom stereocenters. The molecule has 0 aromatic carbocycles. The summed E-state index contributed by atoms with van der Waals surface area (Å²) in [6, 6.07) is 2.08. The van der Waals surface area contributed by atoms with Crippen LogP contribution in [0.3, 0.4) is 0 Å². The van der Waals surface area contributed by atoms with Gasteiger partial charge in [-0.25, -0.2) is 0 Å². The Morgan fingerprint density at radius 1 is 1.38 bits per heavy atom. The van der Waals surface area contributed by atoms with Crippen LogP contribution in [0, 0.1) is 18.3 Å². The maximum atomic E-state index is 12.9. The molecule has 0 radical (unpaired) electrons. The number of thiophene rings is 1. The van der Waals surface area contributed by atoms with Crippen molar-refractivity contribution in [2.45, 2.75) is 39.7 Å². The minimum absolute atomic E-state index is 0.0632. The highest BCUT2D eigenvalue weighted by Crippen LogP contribution is 2.45. The Labute approximate surface area is 147 Å². The minimum Gasteiger partial charge on any atom is -0.381 e. The predicted molar refractivity (Wildman–Crippen MR) is 94.2 cm³/mol. The lowest BCUT2D eigenvalue weighted by Gasteiger charge is -2.37. The molecule has 24 heavy (non-hydrogen) atoms. The third-order valence-electron chi connectivity index (χ3n) is 5.23. The van der Waals surface area contributed by atoms with E-state index >= 15 is 0 Å². The van der Waals surface area contributed by atoms with Gasteiger partial charge in [0.05, 0.1) is 10.8 Å². The standard InChI is InChI=1S/C18H26N2O3S/c1-12(2)19-16(21)14-10-20(11-18(14)5-7-23-8-6-18)17(22)15-13(3)4-9-24-15/h4,9,12,14H,5-8,10-11H2,1-3H3,(H,19,21)/t14-/m1/s1. The van der Waals surface area contributed by atoms with Crippen LogP contribution in [-0.4, -0.2) is 49.1 Å². The minimum atomic E-state index is -0.145. The Balaban J connectivity index is 1.83. The number of rotatable bonds is 3. The average molecular weight is 350 g/mol. The Kier molecular flexibility index (Phi) is 4.97. The Morgan fingerprint density at radius 2 is 2.08 bits per heavy atom. The Hall–Kier alpha value is -1.40. The highest BCUT2D eigenvalue weighted by atomic mass is 32.1. The van der Waals surface area contributed by atoms with E-state index in [9.17, 15) is 9.59 Å². The van der Waals surface area contributed by atoms with Crippen molar-refractivity contribution in [2.75, 3.05) is 26.3 Å². The van der Waals surface area contributed by atoms with E-state index < -0.39 is 0 Å². The zero-order valence-electron chi connectivity index (χ0n) is 14.6. The number of ether oxygens (including phenoxy) is 1. The molecule has 2 aliphatic rings. The van der Waals surface area contributed by atoms with Crippen LogP contribution < -0.4 is 5.32 Å². The first-order chi connectivity index (χ1) is 11.4. The van der Waals surface area contributed by atoms with Crippen molar-refractivity contribution in [3.05, 3.63) is 21.9 Å². The normalized spacial score (nSPS) is 23.0. The van der Waals surface area contributed by atoms with Gasteiger partial charge in [-0.2, -0.15) is 0 Å². The van der Waals surface area contributed by atoms with Crippen molar-refractivity contribution in [3.63, 3.8) is 0 Å². The summed E-state index contributed by atoms with van der Waals surface area (Å²) >= 11 is 1.48. The smallest absolute Gasteiger partial charge is 0.264 e. The van der Waals surface area contributed by atoms with Crippen molar-refractivity contribution in [1.82, 2.24) is 10.2 Å². The lowest BCUT2D eigenvalue weighted by atomic mass is 9.71. The zero-order valence-corrected chi connectivity index (χ0v) is 15.4. The third-order valence-corrected chi connectivity index (χ3v) is 6.23. The molecule has 6 heteroatoms. The van der Waals surface area contributed by atoms with Gasteiger partial charge in [-0.3, -0.25) is 9.59 Å². The van der Waals surface area contributed by atoms with Crippen LogP contribution in [0.1, 0.15) is 41.9 Å². The molecule has 1 aromatic heterocycles. The van der Waals surface area contributed by atoms with Gasteiger partial charge >= 0.3 is 0 Å². The maximum Gasteiger partial charge on any atom is 0.264 e. The number of nitrogens with zero attached hydrogens (tertiary/aromatic N) is 1. The molecule has 0 unspecified atom stereocenters. The second kappa shape index (κ2) is 6.84. The van der Waals surface area contributed by atoms with Crippen LogP contribution in [0.15, 0.2) is 11.4 Å². The summed E-state index contributed by atoms with van der Waals surface area (Å²) in [6.07, 6.45) is 1.69. The fourth-order valence-electron chi connectivity index (χ4n) is 3.89. The molecule has 3 rings (SSSR count). The summed E-state index contributed by atoms with van der Waals surface area (Å²) in [5, 5.41) is 5.00. The fourth-order valence-corrected chi connectivity index (χ4v) is 4.78. The third kappa shape index (κ3) is 3.22. The van der Waals surface area contributed by atoms with E-state index in [1.807, 2.05) is 37.1 Å². The highest BCUT2D eigenvalue weighted by molar-refractivity contribution is 7.12. The number of hydrogen-bond donors (Lipinski definition) is 1. The van der Waals surface area contributed by atoms with Gasteiger partial charge in [-0.1, -0.05) is 0 Å². The van der Waals surface area contributed by atoms with Gasteiger partial charge in [-0.05, 0) is 50.6 Å². The molecule has 1 aromatic rings. The number of aryl methyl sites for hydroxylation is 1. The molecule has 0 bridgehead atoms. The molecule has 2 fully saturated rings. The first kappa shape index (κ1) is 17.4. The summed E-state index contributed by atoms with van der Waals surface area (Å²) in [6.45, 7) is 8.42. The first-order valence-electron chi connectivity index (χ1n) is 8.64. The molecule has 0 saturated carbocycles. The highest BCUT2D eigenvalue weighted by Gasteiger charge is 2.52. The lowest BCUT2D eigenvalue weighted by molar-refractivity contribution is -0.130. The molecule has 1 spiro atoms. The topological polar surface area (TPSA) is 58.6 Å². The molecule has 132 valence electrons. The molecule has 1 N–H and O–H groups in total. The van der Waals surface area contributed by atoms with E-state index in [0.29, 0.717) is 26.3 Å². The van der Waals surface area contributed by atoms with Gasteiger partial charge in [0.15, 0.2) is 0 Å². The van der Waals surface area contributed by atoms with Crippen LogP contribution in [0.5, 0.6) is 0 Å². The van der Waals surface area contributed by atoms with Gasteiger partial charge in [0, 0.05) is 37.8 Å². The molecule has 0 aliphatic carbocycles. The summed E-state index contributed by atoms with van der Waals surface area (Å²) in [4.78, 5) is 28.4. The van der Waals surface area contributed by atoms with Gasteiger partial charge < -0.3 is 15.0 Å². The second-order valence-corrected chi connectivity index (χ2v) is 8.23. The van der Waals surface area contributed by atoms with Crippen LogP contribution >= 0.6 is 11.3 Å². The number of carbonyl (C=O) groups is 2. The molecular formula is C18H26N2O3S. The molecule has 5 nitrogen and oxygen atoms in total. The van der Waals surface area contributed by atoms with Crippen molar-refractivity contribution in [3.8, 4) is 0 Å². The van der Waals surface area contributed by atoms with E-state index in [1.54, 1.807) is 0 Å². The van der Waals surface area contributed by atoms with Gasteiger partial charge in [-0.15, -0.1) is 11.3 Å². The van der Waals surface area contributed by atoms with Crippen molar-refractivity contribution < 1.29 is 14.3 Å². The van der Waals surface area contributed by atoms with Crippen molar-refractivity contribution >= 4 is 23.2 Å². The largest absolute Gasteiger partial charge is 0.381 e. The molecule has 2 amide bonds. The van der Waals surface area contributed by atoms with Crippen LogP contribution in [0.25, 0.3) is 0 Å². The number of likely N-dealkylation sites (tertiary alicyclic amines) is 1. The Bertz CT molecular complexity index is 620. The molecule has 3 heterocycles. The summed E-state index contributed by atoms with van der Waals surface area (Å²) in [5.74, 6) is -0.00802. The second-order valence-electron chi connectivity index (χ2n) is 7.31.